The molecule has 0 radical (unpaired) electrons. The van der Waals surface area contributed by atoms with Crippen LogP contribution in [0.5, 0.6) is 17.2 Å². The number of benzene rings is 3. The molecule has 0 fully saturated rings. The van der Waals surface area contributed by atoms with Crippen molar-refractivity contribution in [3.05, 3.63) is 83.2 Å². The number of nitrogens with one attached hydrogen (secondary N) is 1. The maximum Gasteiger partial charge on any atom is 0.244 e. The summed E-state index contributed by atoms with van der Waals surface area (Å²) in [6.07, 6.45) is 1.21. The molecule has 1 N–H and O–H groups in total. The molecule has 2 heterocycles. The summed E-state index contributed by atoms with van der Waals surface area (Å²) in [7, 11) is -2.69. The zero-order valence-electron chi connectivity index (χ0n) is 18.6. The van der Waals surface area contributed by atoms with E-state index in [-0.39, 0.29) is 23.6 Å². The van der Waals surface area contributed by atoms with Crippen LogP contribution in [0.3, 0.4) is 0 Å². The number of amides is 1. The average Bonchev–Trinajstić information content (AvgIpc) is 3.33. The Labute approximate surface area is 200 Å². The molecule has 10 heteroatoms. The zero-order chi connectivity index (χ0) is 24.6. The molecular formula is C25H20N2O7S. The van der Waals surface area contributed by atoms with Gasteiger partial charge in [-0.05, 0) is 48.5 Å². The molecule has 9 nitrogen and oxygen atoms in total. The van der Waals surface area contributed by atoms with Gasteiger partial charge in [-0.25, -0.2) is 8.42 Å². The van der Waals surface area contributed by atoms with Crippen molar-refractivity contribution >= 4 is 32.3 Å². The van der Waals surface area contributed by atoms with Gasteiger partial charge < -0.3 is 24.1 Å². The van der Waals surface area contributed by atoms with E-state index in [0.29, 0.717) is 28.5 Å². The number of anilines is 1. The van der Waals surface area contributed by atoms with Crippen LogP contribution in [0, 0.1) is 0 Å². The molecule has 35 heavy (non-hydrogen) atoms. The smallest absolute Gasteiger partial charge is 0.244 e. The fraction of sp³-hybridized carbons (Fsp3) is 0.120. The van der Waals surface area contributed by atoms with Crippen LogP contribution >= 0.6 is 0 Å². The molecule has 0 saturated heterocycles. The summed E-state index contributed by atoms with van der Waals surface area (Å²) >= 11 is 0. The summed E-state index contributed by atoms with van der Waals surface area (Å²) in [6.45, 7) is -0.109. The second-order valence-electron chi connectivity index (χ2n) is 7.76. The zero-order valence-corrected chi connectivity index (χ0v) is 19.4. The number of pyridine rings is 1. The van der Waals surface area contributed by atoms with Gasteiger partial charge in [0.2, 0.25) is 28.0 Å². The Morgan fingerprint density at radius 1 is 1.03 bits per heavy atom. The Morgan fingerprint density at radius 2 is 1.77 bits per heavy atom. The fourth-order valence-corrected chi connectivity index (χ4v) is 5.22. The minimum Gasteiger partial charge on any atom is -0.497 e. The fourth-order valence-electron chi connectivity index (χ4n) is 3.85. The number of rotatable bonds is 6. The second-order valence-corrected chi connectivity index (χ2v) is 9.68. The van der Waals surface area contributed by atoms with E-state index in [1.165, 1.54) is 48.2 Å². The number of carbonyl (C=O) groups excluding carboxylic acids is 1. The number of ether oxygens (including phenoxy) is 3. The van der Waals surface area contributed by atoms with Crippen LogP contribution < -0.4 is 25.0 Å². The highest BCUT2D eigenvalue weighted by Gasteiger charge is 2.24. The van der Waals surface area contributed by atoms with Gasteiger partial charge in [0, 0.05) is 23.3 Å². The first kappa shape index (κ1) is 22.5. The molecule has 178 valence electrons. The average molecular weight is 493 g/mol. The van der Waals surface area contributed by atoms with Crippen molar-refractivity contribution in [3.63, 3.8) is 0 Å². The molecule has 0 saturated carbocycles. The number of hydrogen-bond donors (Lipinski definition) is 1. The van der Waals surface area contributed by atoms with Gasteiger partial charge >= 0.3 is 0 Å². The summed E-state index contributed by atoms with van der Waals surface area (Å²) in [4.78, 5) is 25.6. The summed E-state index contributed by atoms with van der Waals surface area (Å²) in [5.41, 5.74) is 0.298. The van der Waals surface area contributed by atoms with E-state index >= 15 is 0 Å². The normalized spacial score (nSPS) is 12.5. The molecular weight excluding hydrogens is 472 g/mol. The first-order chi connectivity index (χ1) is 16.9. The number of fused-ring (bicyclic) bond motifs is 2. The molecule has 3 aromatic carbocycles. The van der Waals surface area contributed by atoms with Crippen molar-refractivity contribution in [2.45, 2.75) is 16.3 Å². The van der Waals surface area contributed by atoms with Crippen LogP contribution in [0.2, 0.25) is 0 Å². The predicted molar refractivity (Wildman–Crippen MR) is 128 cm³/mol. The lowest BCUT2D eigenvalue weighted by Gasteiger charge is -2.14. The molecule has 1 amide bonds. The van der Waals surface area contributed by atoms with Crippen LogP contribution in [0.4, 0.5) is 5.69 Å². The van der Waals surface area contributed by atoms with Gasteiger partial charge in [0.05, 0.1) is 17.5 Å². The van der Waals surface area contributed by atoms with E-state index < -0.39 is 26.1 Å². The number of hydrogen-bond acceptors (Lipinski definition) is 7. The van der Waals surface area contributed by atoms with Gasteiger partial charge in [-0.3, -0.25) is 9.59 Å². The molecule has 0 spiro atoms. The minimum absolute atomic E-state index is 0.0537. The van der Waals surface area contributed by atoms with Crippen molar-refractivity contribution in [1.29, 1.82) is 0 Å². The van der Waals surface area contributed by atoms with E-state index in [9.17, 15) is 18.0 Å². The van der Waals surface area contributed by atoms with Gasteiger partial charge in [0.15, 0.2) is 11.5 Å². The molecule has 1 aliphatic heterocycles. The van der Waals surface area contributed by atoms with Gasteiger partial charge in [-0.1, -0.05) is 12.1 Å². The van der Waals surface area contributed by atoms with Crippen molar-refractivity contribution < 1.29 is 27.4 Å². The number of methoxy groups -OCH3 is 1. The molecule has 5 rings (SSSR count). The lowest BCUT2D eigenvalue weighted by molar-refractivity contribution is -0.116. The summed E-state index contributed by atoms with van der Waals surface area (Å²) in [5.74, 6) is 1.18. The highest BCUT2D eigenvalue weighted by atomic mass is 32.2. The third kappa shape index (κ3) is 4.19. The lowest BCUT2D eigenvalue weighted by Crippen LogP contribution is -2.23. The van der Waals surface area contributed by atoms with Gasteiger partial charge in [-0.2, -0.15) is 0 Å². The molecule has 0 atom stereocenters. The van der Waals surface area contributed by atoms with Crippen molar-refractivity contribution in [2.75, 3.05) is 19.2 Å². The van der Waals surface area contributed by atoms with Crippen molar-refractivity contribution in [1.82, 2.24) is 4.57 Å². The van der Waals surface area contributed by atoms with Crippen molar-refractivity contribution in [3.8, 4) is 17.2 Å². The van der Waals surface area contributed by atoms with Gasteiger partial charge in [0.1, 0.15) is 17.2 Å². The molecule has 1 aromatic heterocycles. The summed E-state index contributed by atoms with van der Waals surface area (Å²) < 4.78 is 43.9. The molecule has 1 aliphatic rings. The maximum absolute atomic E-state index is 13.4. The Morgan fingerprint density at radius 3 is 2.54 bits per heavy atom. The van der Waals surface area contributed by atoms with Crippen LogP contribution in [0.1, 0.15) is 0 Å². The number of sulfone groups is 1. The Balaban J connectivity index is 1.52. The minimum atomic E-state index is -4.16. The quantitative estimate of drug-likeness (QED) is 0.440. The third-order valence-corrected chi connectivity index (χ3v) is 7.35. The molecule has 0 aliphatic carbocycles. The Hall–Kier alpha value is -4.31. The van der Waals surface area contributed by atoms with Gasteiger partial charge in [0.25, 0.3) is 0 Å². The molecule has 0 bridgehead atoms. The SMILES string of the molecule is COc1ccc(S(=O)(=O)c2cn(CC(=O)Nc3ccc4c(c3)OCO4)c3ccccc3c2=O)cc1. The number of aromatic nitrogens is 1. The van der Waals surface area contributed by atoms with E-state index in [2.05, 4.69) is 5.32 Å². The summed E-state index contributed by atoms with van der Waals surface area (Å²) in [5, 5.41) is 2.96. The summed E-state index contributed by atoms with van der Waals surface area (Å²) in [6, 6.07) is 17.3. The predicted octanol–water partition coefficient (Wildman–Crippen LogP) is 3.21. The largest absolute Gasteiger partial charge is 0.497 e. The van der Waals surface area contributed by atoms with Crippen LogP contribution in [0.25, 0.3) is 10.9 Å². The first-order valence-corrected chi connectivity index (χ1v) is 12.1. The highest BCUT2D eigenvalue weighted by Crippen LogP contribution is 2.34. The number of para-hydroxylation sites is 1. The lowest BCUT2D eigenvalue weighted by atomic mass is 10.2. The molecule has 0 unspecified atom stereocenters. The monoisotopic (exact) mass is 492 g/mol. The third-order valence-electron chi connectivity index (χ3n) is 5.58. The standard InChI is InChI=1S/C25H20N2O7S/c1-32-17-7-9-18(10-8-17)35(30,31)23-13-27(20-5-3-2-4-19(20)25(23)29)14-24(28)26-16-6-11-21-22(12-16)34-15-33-21/h2-13H,14-15H2,1H3,(H,26,28). The van der Waals surface area contributed by atoms with Crippen molar-refractivity contribution in [2.24, 2.45) is 0 Å². The van der Waals surface area contributed by atoms with E-state index in [0.717, 1.165) is 0 Å². The van der Waals surface area contributed by atoms with Crippen LogP contribution in [0.15, 0.2) is 87.5 Å². The number of carbonyl (C=O) groups is 1. The Kier molecular flexibility index (Phi) is 5.65. The second kappa shape index (κ2) is 8.80. The van der Waals surface area contributed by atoms with E-state index in [1.54, 1.807) is 36.4 Å². The topological polar surface area (TPSA) is 113 Å². The highest BCUT2D eigenvalue weighted by molar-refractivity contribution is 7.91. The van der Waals surface area contributed by atoms with Crippen LogP contribution in [-0.2, 0) is 21.2 Å². The van der Waals surface area contributed by atoms with Crippen LogP contribution in [-0.4, -0.2) is 32.8 Å². The van der Waals surface area contributed by atoms with E-state index in [1.807, 2.05) is 0 Å². The number of nitrogens with zero attached hydrogens (tertiary/aromatic N) is 1. The van der Waals surface area contributed by atoms with Gasteiger partial charge in [-0.15, -0.1) is 0 Å². The Bertz CT molecular complexity index is 1610. The first-order valence-electron chi connectivity index (χ1n) is 10.6. The molecule has 4 aromatic rings. The van der Waals surface area contributed by atoms with E-state index in [4.69, 9.17) is 14.2 Å². The maximum atomic E-state index is 13.4.